The Labute approximate surface area is 186 Å². The van der Waals surface area contributed by atoms with E-state index in [1.54, 1.807) is 0 Å². The van der Waals surface area contributed by atoms with Gasteiger partial charge in [-0.3, -0.25) is 9.69 Å². The molecule has 3 fully saturated rings. The lowest BCUT2D eigenvalue weighted by Crippen LogP contribution is -2.53. The van der Waals surface area contributed by atoms with Crippen LogP contribution in [0.4, 0.5) is 0 Å². The third-order valence-electron chi connectivity index (χ3n) is 6.77. The second-order valence-electron chi connectivity index (χ2n) is 8.42. The third-order valence-corrected chi connectivity index (χ3v) is 7.02. The van der Waals surface area contributed by atoms with E-state index < -0.39 is 0 Å². The van der Waals surface area contributed by atoms with E-state index in [9.17, 15) is 4.79 Å². The molecule has 0 spiro atoms. The summed E-state index contributed by atoms with van der Waals surface area (Å²) in [5.74, 6) is 1.75. The van der Waals surface area contributed by atoms with Gasteiger partial charge in [-0.05, 0) is 55.2 Å². The van der Waals surface area contributed by atoms with Crippen molar-refractivity contribution in [3.05, 3.63) is 34.9 Å². The number of carbonyl (C=O) groups is 1. The Balaban J connectivity index is 0.00000140. The van der Waals surface area contributed by atoms with E-state index >= 15 is 0 Å². The Morgan fingerprint density at radius 1 is 1.00 bits per heavy atom. The van der Waals surface area contributed by atoms with Gasteiger partial charge in [0.1, 0.15) is 0 Å². The molecule has 7 heteroatoms. The van der Waals surface area contributed by atoms with E-state index in [-0.39, 0.29) is 30.7 Å². The summed E-state index contributed by atoms with van der Waals surface area (Å²) in [4.78, 5) is 17.6. The van der Waals surface area contributed by atoms with Crippen LogP contribution in [0.15, 0.2) is 24.3 Å². The Morgan fingerprint density at radius 3 is 2.14 bits per heavy atom. The highest BCUT2D eigenvalue weighted by molar-refractivity contribution is 6.30. The highest BCUT2D eigenvalue weighted by atomic mass is 35.5. The monoisotopic (exact) mass is 447 g/mol. The van der Waals surface area contributed by atoms with Crippen LogP contribution in [0, 0.1) is 17.8 Å². The molecule has 2 aliphatic carbocycles. The molecule has 1 aliphatic heterocycles. The molecule has 4 nitrogen and oxygen atoms in total. The number of rotatable bonds is 3. The Bertz CT molecular complexity index is 620. The minimum atomic E-state index is 0. The average Bonchev–Trinajstić information content (AvgIpc) is 2.63. The van der Waals surface area contributed by atoms with E-state index in [1.165, 1.54) is 24.8 Å². The molecule has 4 rings (SSSR count). The van der Waals surface area contributed by atoms with Crippen LogP contribution in [0.1, 0.15) is 37.7 Å². The zero-order chi connectivity index (χ0) is 18.1. The molecule has 2 atom stereocenters. The van der Waals surface area contributed by atoms with Gasteiger partial charge in [0.15, 0.2) is 0 Å². The molecular weight excluding hydrogens is 417 g/mol. The van der Waals surface area contributed by atoms with Crippen LogP contribution < -0.4 is 5.73 Å². The molecule has 1 aromatic rings. The highest BCUT2D eigenvalue weighted by Crippen LogP contribution is 2.42. The predicted molar refractivity (Wildman–Crippen MR) is 119 cm³/mol. The van der Waals surface area contributed by atoms with Gasteiger partial charge < -0.3 is 10.6 Å². The first-order valence-electron chi connectivity index (χ1n) is 10.1. The fourth-order valence-electron chi connectivity index (χ4n) is 5.22. The normalized spacial score (nSPS) is 30.1. The van der Waals surface area contributed by atoms with Crippen LogP contribution in [-0.4, -0.2) is 47.9 Å². The van der Waals surface area contributed by atoms with E-state index in [1.807, 2.05) is 12.1 Å². The van der Waals surface area contributed by atoms with Crippen molar-refractivity contribution in [1.29, 1.82) is 0 Å². The molecule has 0 aromatic heterocycles. The summed E-state index contributed by atoms with van der Waals surface area (Å²) in [5, 5.41) is 0.779. The fraction of sp³-hybridized carbons (Fsp3) is 0.667. The summed E-state index contributed by atoms with van der Waals surface area (Å²) in [6.07, 6.45) is 5.77. The first-order valence-corrected chi connectivity index (χ1v) is 10.5. The van der Waals surface area contributed by atoms with Gasteiger partial charge in [0, 0.05) is 49.7 Å². The molecule has 1 heterocycles. The van der Waals surface area contributed by atoms with Gasteiger partial charge in [-0.25, -0.2) is 0 Å². The second kappa shape index (κ2) is 10.5. The Hall–Kier alpha value is -0.520. The standard InChI is InChI=1S/C21H30ClN3O.2ClH/c22-19-6-4-15(5-7-19)14-24-8-10-25(11-9-24)21(26)18-12-16-2-1-3-17(13-18)20(16)23;;/h4-7,16-18,20H,1-3,8-14,23H2;2*1H. The number of benzene rings is 1. The van der Waals surface area contributed by atoms with Crippen LogP contribution in [0.5, 0.6) is 0 Å². The minimum Gasteiger partial charge on any atom is -0.340 e. The number of halogens is 3. The zero-order valence-corrected chi connectivity index (χ0v) is 18.7. The lowest BCUT2D eigenvalue weighted by molar-refractivity contribution is -0.140. The smallest absolute Gasteiger partial charge is 0.225 e. The quantitative estimate of drug-likeness (QED) is 0.761. The average molecular weight is 449 g/mol. The number of nitrogens with zero attached hydrogens (tertiary/aromatic N) is 2. The maximum atomic E-state index is 13.0. The summed E-state index contributed by atoms with van der Waals surface area (Å²) < 4.78 is 0. The van der Waals surface area contributed by atoms with Crippen LogP contribution in [0.3, 0.4) is 0 Å². The number of fused-ring (bicyclic) bond motifs is 2. The fourth-order valence-corrected chi connectivity index (χ4v) is 5.35. The molecule has 28 heavy (non-hydrogen) atoms. The first kappa shape index (κ1) is 23.8. The van der Waals surface area contributed by atoms with E-state index in [0.29, 0.717) is 23.8 Å². The number of amides is 1. The summed E-state index contributed by atoms with van der Waals surface area (Å²) in [6, 6.07) is 8.40. The van der Waals surface area contributed by atoms with Crippen molar-refractivity contribution in [1.82, 2.24) is 9.80 Å². The summed E-state index contributed by atoms with van der Waals surface area (Å²) >= 11 is 5.96. The molecule has 2 bridgehead atoms. The van der Waals surface area contributed by atoms with Gasteiger partial charge >= 0.3 is 0 Å². The van der Waals surface area contributed by atoms with Gasteiger partial charge in [0.2, 0.25) is 5.91 Å². The predicted octanol–water partition coefficient (Wildman–Crippen LogP) is 3.98. The van der Waals surface area contributed by atoms with E-state index in [4.69, 9.17) is 17.3 Å². The van der Waals surface area contributed by atoms with Crippen molar-refractivity contribution >= 4 is 42.3 Å². The van der Waals surface area contributed by atoms with Gasteiger partial charge in [-0.2, -0.15) is 0 Å². The Morgan fingerprint density at radius 2 is 1.57 bits per heavy atom. The first-order chi connectivity index (χ1) is 12.6. The van der Waals surface area contributed by atoms with Gasteiger partial charge in [-0.1, -0.05) is 30.2 Å². The van der Waals surface area contributed by atoms with Crippen molar-refractivity contribution in [2.75, 3.05) is 26.2 Å². The lowest BCUT2D eigenvalue weighted by atomic mass is 9.65. The van der Waals surface area contributed by atoms with Crippen molar-refractivity contribution in [2.45, 2.75) is 44.7 Å². The van der Waals surface area contributed by atoms with Crippen molar-refractivity contribution in [3.63, 3.8) is 0 Å². The van der Waals surface area contributed by atoms with Gasteiger partial charge in [0.05, 0.1) is 0 Å². The number of nitrogens with two attached hydrogens (primary N) is 1. The van der Waals surface area contributed by atoms with E-state index in [2.05, 4.69) is 21.9 Å². The van der Waals surface area contributed by atoms with Crippen LogP contribution in [0.2, 0.25) is 5.02 Å². The van der Waals surface area contributed by atoms with Crippen molar-refractivity contribution < 1.29 is 4.79 Å². The molecule has 1 aromatic carbocycles. The topological polar surface area (TPSA) is 49.6 Å². The summed E-state index contributed by atoms with van der Waals surface area (Å²) in [5.41, 5.74) is 7.67. The molecule has 158 valence electrons. The summed E-state index contributed by atoms with van der Waals surface area (Å²) in [6.45, 7) is 4.54. The van der Waals surface area contributed by atoms with E-state index in [0.717, 1.165) is 50.6 Å². The molecular formula is C21H32Cl3N3O. The van der Waals surface area contributed by atoms with Crippen LogP contribution >= 0.6 is 36.4 Å². The largest absolute Gasteiger partial charge is 0.340 e. The second-order valence-corrected chi connectivity index (χ2v) is 8.86. The lowest BCUT2D eigenvalue weighted by Gasteiger charge is -2.45. The Kier molecular flexibility index (Phi) is 8.90. The minimum absolute atomic E-state index is 0. The molecule has 1 amide bonds. The zero-order valence-electron chi connectivity index (χ0n) is 16.3. The molecule has 0 radical (unpaired) electrons. The van der Waals surface area contributed by atoms with Gasteiger partial charge in [-0.15, -0.1) is 24.8 Å². The van der Waals surface area contributed by atoms with Crippen molar-refractivity contribution in [3.8, 4) is 0 Å². The van der Waals surface area contributed by atoms with Gasteiger partial charge in [0.25, 0.3) is 0 Å². The molecule has 1 saturated heterocycles. The maximum absolute atomic E-state index is 13.0. The SMILES string of the molecule is Cl.Cl.NC1C2CCCC1CC(C(=O)N1CCN(Cc3ccc(Cl)cc3)CC1)C2. The molecule has 3 aliphatic rings. The number of piperazine rings is 1. The third kappa shape index (κ3) is 5.34. The van der Waals surface area contributed by atoms with Crippen LogP contribution in [-0.2, 0) is 11.3 Å². The van der Waals surface area contributed by atoms with Crippen LogP contribution in [0.25, 0.3) is 0 Å². The molecule has 2 unspecified atom stereocenters. The number of carbonyl (C=O) groups excluding carboxylic acids is 1. The molecule has 2 saturated carbocycles. The number of hydrogen-bond acceptors (Lipinski definition) is 3. The maximum Gasteiger partial charge on any atom is 0.225 e. The van der Waals surface area contributed by atoms with Crippen molar-refractivity contribution in [2.24, 2.45) is 23.5 Å². The number of hydrogen-bond donors (Lipinski definition) is 1. The molecule has 2 N–H and O–H groups in total. The summed E-state index contributed by atoms with van der Waals surface area (Å²) in [7, 11) is 0. The highest BCUT2D eigenvalue weighted by Gasteiger charge is 2.41.